The summed E-state index contributed by atoms with van der Waals surface area (Å²) in [6.07, 6.45) is 0.916. The Morgan fingerprint density at radius 1 is 1.00 bits per heavy atom. The zero-order valence-electron chi connectivity index (χ0n) is 19.4. The average Bonchev–Trinajstić information content (AvgIpc) is 2.82. The summed E-state index contributed by atoms with van der Waals surface area (Å²) in [6.45, 7) is 4.78. The quantitative estimate of drug-likeness (QED) is 0.555. The number of nitrogens with zero attached hydrogens (tertiary/aromatic N) is 1. The molecule has 178 valence electrons. The molecule has 0 fully saturated rings. The molecule has 4 rings (SSSR count). The average molecular weight is 481 g/mol. The van der Waals surface area contributed by atoms with E-state index >= 15 is 0 Å². The summed E-state index contributed by atoms with van der Waals surface area (Å²) in [5.41, 5.74) is 4.00. The summed E-state index contributed by atoms with van der Waals surface area (Å²) < 4.78 is 37.8. The number of fused-ring (bicyclic) bond motifs is 1. The molecule has 0 aliphatic carbocycles. The smallest absolute Gasteiger partial charge is 0.251 e. The number of carbonyl (C=O) groups is 1. The van der Waals surface area contributed by atoms with Gasteiger partial charge in [0.05, 0.1) is 25.0 Å². The monoisotopic (exact) mass is 480 g/mol. The third-order valence-corrected chi connectivity index (χ3v) is 6.92. The van der Waals surface area contributed by atoms with Crippen LogP contribution in [0.15, 0.2) is 66.7 Å². The molecule has 0 radical (unpaired) electrons. The van der Waals surface area contributed by atoms with Gasteiger partial charge in [0, 0.05) is 5.56 Å². The van der Waals surface area contributed by atoms with E-state index in [-0.39, 0.29) is 18.6 Å². The van der Waals surface area contributed by atoms with Crippen LogP contribution in [-0.2, 0) is 16.6 Å². The number of hydrogen-bond acceptors (Lipinski definition) is 5. The summed E-state index contributed by atoms with van der Waals surface area (Å²) in [4.78, 5) is 12.6. The standard InChI is InChI=1S/C26H28N2O5S/c1-18-8-13-22(14-19(18)2)28(34(3,30)31)16-20-9-11-21(12-10-20)26(29)27-15-23-17-32-24-6-4-5-7-25(24)33-23/h4-14,23H,15-17H2,1-3H3,(H,27,29)/t23-/m0/s1. The van der Waals surface area contributed by atoms with E-state index in [1.54, 1.807) is 30.3 Å². The Labute approximate surface area is 200 Å². The first kappa shape index (κ1) is 23.6. The van der Waals surface area contributed by atoms with Crippen molar-refractivity contribution in [2.75, 3.05) is 23.7 Å². The van der Waals surface area contributed by atoms with Gasteiger partial charge < -0.3 is 14.8 Å². The molecule has 1 heterocycles. The molecule has 3 aromatic carbocycles. The van der Waals surface area contributed by atoms with E-state index in [0.29, 0.717) is 35.9 Å². The second kappa shape index (κ2) is 9.77. The van der Waals surface area contributed by atoms with Gasteiger partial charge in [0.2, 0.25) is 10.0 Å². The van der Waals surface area contributed by atoms with Crippen molar-refractivity contribution in [3.63, 3.8) is 0 Å². The Kier molecular flexibility index (Phi) is 6.79. The van der Waals surface area contributed by atoms with Crippen molar-refractivity contribution in [3.8, 4) is 11.5 Å². The maximum atomic E-state index is 12.6. The number of hydrogen-bond donors (Lipinski definition) is 1. The number of ether oxygens (including phenoxy) is 2. The van der Waals surface area contributed by atoms with E-state index in [2.05, 4.69) is 5.32 Å². The first-order valence-electron chi connectivity index (χ1n) is 11.0. The van der Waals surface area contributed by atoms with E-state index in [4.69, 9.17) is 9.47 Å². The number of anilines is 1. The Bertz CT molecular complexity index is 1290. The topological polar surface area (TPSA) is 84.9 Å². The molecule has 0 spiro atoms. The highest BCUT2D eigenvalue weighted by atomic mass is 32.2. The third kappa shape index (κ3) is 5.51. The van der Waals surface area contributed by atoms with E-state index in [1.165, 1.54) is 10.6 Å². The number of para-hydroxylation sites is 2. The van der Waals surface area contributed by atoms with Gasteiger partial charge in [0.15, 0.2) is 11.5 Å². The van der Waals surface area contributed by atoms with Crippen molar-refractivity contribution in [3.05, 3.63) is 89.0 Å². The number of nitrogens with one attached hydrogen (secondary N) is 1. The van der Waals surface area contributed by atoms with Gasteiger partial charge >= 0.3 is 0 Å². The van der Waals surface area contributed by atoms with Gasteiger partial charge in [-0.15, -0.1) is 0 Å². The highest BCUT2D eigenvalue weighted by molar-refractivity contribution is 7.92. The molecule has 0 bridgehead atoms. The van der Waals surface area contributed by atoms with Gasteiger partial charge in [0.1, 0.15) is 12.7 Å². The van der Waals surface area contributed by atoms with Crippen molar-refractivity contribution in [1.82, 2.24) is 5.32 Å². The summed E-state index contributed by atoms with van der Waals surface area (Å²) in [5, 5.41) is 2.87. The molecule has 34 heavy (non-hydrogen) atoms. The van der Waals surface area contributed by atoms with E-state index in [1.807, 2.05) is 50.2 Å². The summed E-state index contributed by atoms with van der Waals surface area (Å²) in [5.74, 6) is 1.13. The molecule has 0 saturated heterocycles. The van der Waals surface area contributed by atoms with E-state index in [0.717, 1.165) is 16.7 Å². The molecule has 1 atom stereocenters. The van der Waals surface area contributed by atoms with Crippen molar-refractivity contribution < 1.29 is 22.7 Å². The number of rotatable bonds is 7. The molecule has 0 aromatic heterocycles. The van der Waals surface area contributed by atoms with Crippen LogP contribution in [0.5, 0.6) is 11.5 Å². The lowest BCUT2D eigenvalue weighted by atomic mass is 10.1. The van der Waals surface area contributed by atoms with E-state index < -0.39 is 10.0 Å². The minimum atomic E-state index is -3.49. The van der Waals surface area contributed by atoms with Crippen molar-refractivity contribution in [2.45, 2.75) is 26.5 Å². The Hall–Kier alpha value is -3.52. The van der Waals surface area contributed by atoms with Crippen LogP contribution in [0.2, 0.25) is 0 Å². The van der Waals surface area contributed by atoms with Crippen LogP contribution >= 0.6 is 0 Å². The first-order chi connectivity index (χ1) is 16.2. The minimum absolute atomic E-state index is 0.176. The molecule has 3 aromatic rings. The van der Waals surface area contributed by atoms with Gasteiger partial charge in [-0.1, -0.05) is 30.3 Å². The van der Waals surface area contributed by atoms with Crippen molar-refractivity contribution >= 4 is 21.6 Å². The van der Waals surface area contributed by atoms with Crippen LogP contribution in [0.3, 0.4) is 0 Å². The maximum absolute atomic E-state index is 12.6. The van der Waals surface area contributed by atoms with Gasteiger partial charge in [-0.3, -0.25) is 9.10 Å². The second-order valence-corrected chi connectivity index (χ2v) is 10.3. The fourth-order valence-electron chi connectivity index (χ4n) is 3.68. The number of benzene rings is 3. The van der Waals surface area contributed by atoms with Crippen molar-refractivity contribution in [2.24, 2.45) is 0 Å². The zero-order valence-corrected chi connectivity index (χ0v) is 20.3. The second-order valence-electron chi connectivity index (χ2n) is 8.44. The molecule has 7 nitrogen and oxygen atoms in total. The summed E-state index contributed by atoms with van der Waals surface area (Å²) in [6, 6.07) is 19.9. The number of aryl methyl sites for hydroxylation is 2. The predicted molar refractivity (Wildman–Crippen MR) is 132 cm³/mol. The van der Waals surface area contributed by atoms with Crippen LogP contribution in [0.4, 0.5) is 5.69 Å². The van der Waals surface area contributed by atoms with E-state index in [9.17, 15) is 13.2 Å². The molecule has 8 heteroatoms. The minimum Gasteiger partial charge on any atom is -0.486 e. The summed E-state index contributed by atoms with van der Waals surface area (Å²) in [7, 11) is -3.49. The van der Waals surface area contributed by atoms with Crippen LogP contribution in [0.1, 0.15) is 27.0 Å². The lowest BCUT2D eigenvalue weighted by Gasteiger charge is -2.26. The molecule has 0 saturated carbocycles. The maximum Gasteiger partial charge on any atom is 0.251 e. The number of sulfonamides is 1. The SMILES string of the molecule is Cc1ccc(N(Cc2ccc(C(=O)NC[C@H]3COc4ccccc4O3)cc2)S(C)(=O)=O)cc1C. The fourth-order valence-corrected chi connectivity index (χ4v) is 4.56. The van der Waals surface area contributed by atoms with Crippen LogP contribution < -0.4 is 19.1 Å². The molecule has 1 aliphatic rings. The van der Waals surface area contributed by atoms with Crippen LogP contribution in [0, 0.1) is 13.8 Å². The van der Waals surface area contributed by atoms with Gasteiger partial charge in [-0.2, -0.15) is 0 Å². The Balaban J connectivity index is 1.39. The molecular formula is C26H28N2O5S. The summed E-state index contributed by atoms with van der Waals surface area (Å²) >= 11 is 0. The molecular weight excluding hydrogens is 452 g/mol. The first-order valence-corrected chi connectivity index (χ1v) is 12.9. The van der Waals surface area contributed by atoms with Crippen molar-refractivity contribution in [1.29, 1.82) is 0 Å². The predicted octanol–water partition coefficient (Wildman–Crippen LogP) is 3.84. The zero-order chi connectivity index (χ0) is 24.3. The molecule has 0 unspecified atom stereocenters. The molecule has 1 amide bonds. The lowest BCUT2D eigenvalue weighted by molar-refractivity contribution is 0.0789. The normalized spacial score (nSPS) is 15.0. The van der Waals surface area contributed by atoms with Gasteiger partial charge in [-0.05, 0) is 66.9 Å². The molecule has 1 N–H and O–H groups in total. The highest BCUT2D eigenvalue weighted by Crippen LogP contribution is 2.30. The number of carbonyl (C=O) groups excluding carboxylic acids is 1. The van der Waals surface area contributed by atoms with Crippen LogP contribution in [-0.4, -0.2) is 39.8 Å². The lowest BCUT2D eigenvalue weighted by Crippen LogP contribution is -2.40. The third-order valence-electron chi connectivity index (χ3n) is 5.78. The fraction of sp³-hybridized carbons (Fsp3) is 0.269. The largest absolute Gasteiger partial charge is 0.486 e. The van der Waals surface area contributed by atoms with Gasteiger partial charge in [-0.25, -0.2) is 8.42 Å². The highest BCUT2D eigenvalue weighted by Gasteiger charge is 2.22. The van der Waals surface area contributed by atoms with Crippen LogP contribution in [0.25, 0.3) is 0 Å². The van der Waals surface area contributed by atoms with Gasteiger partial charge in [0.25, 0.3) is 5.91 Å². The Morgan fingerprint density at radius 3 is 2.38 bits per heavy atom. The Morgan fingerprint density at radius 2 is 1.71 bits per heavy atom. The molecule has 1 aliphatic heterocycles. The number of amides is 1.